The Hall–Kier alpha value is -3.88. The summed E-state index contributed by atoms with van der Waals surface area (Å²) in [5.74, 6) is 0.461. The molecule has 4 heterocycles. The molecule has 192 valence electrons. The highest BCUT2D eigenvalue weighted by atomic mass is 32.2. The third kappa shape index (κ3) is 5.45. The van der Waals surface area contributed by atoms with Crippen LogP contribution >= 0.6 is 34.9 Å². The van der Waals surface area contributed by atoms with E-state index in [4.69, 9.17) is 17.0 Å². The predicted octanol–water partition coefficient (Wildman–Crippen LogP) is -0.217. The van der Waals surface area contributed by atoms with E-state index in [0.29, 0.717) is 16.5 Å². The second kappa shape index (κ2) is 11.5. The van der Waals surface area contributed by atoms with Crippen molar-refractivity contribution in [1.29, 1.82) is 0 Å². The fraction of sp³-hybridized carbons (Fsp3) is 0.300. The molecule has 0 aromatic carbocycles. The Morgan fingerprint density at radius 1 is 1.51 bits per heavy atom. The molecule has 0 bridgehead atoms. The summed E-state index contributed by atoms with van der Waals surface area (Å²) >= 11 is 3.65. The number of anilines is 1. The first-order chi connectivity index (χ1) is 17.8. The number of β-lactam (4-membered cyclic amide) rings is 1. The maximum Gasteiger partial charge on any atom is 0.352 e. The van der Waals surface area contributed by atoms with Crippen LogP contribution in [0.1, 0.15) is 5.69 Å². The summed E-state index contributed by atoms with van der Waals surface area (Å²) in [7, 11) is 0. The molecule has 4 rings (SSSR count). The predicted molar refractivity (Wildman–Crippen MR) is 136 cm³/mol. The Morgan fingerprint density at radius 3 is 3.00 bits per heavy atom. The topological polar surface area (TPSA) is 191 Å². The van der Waals surface area contributed by atoms with Crippen molar-refractivity contribution in [3.8, 4) is 12.3 Å². The van der Waals surface area contributed by atoms with Crippen molar-refractivity contribution < 1.29 is 24.3 Å². The van der Waals surface area contributed by atoms with E-state index in [1.165, 1.54) is 44.6 Å². The number of nitrogen functional groups attached to an aromatic ring is 1. The summed E-state index contributed by atoms with van der Waals surface area (Å²) < 4.78 is 1.42. The number of carboxylic acids is 1. The number of hydrogen-bond acceptors (Lipinski definition) is 13. The lowest BCUT2D eigenvalue weighted by atomic mass is 10.0. The van der Waals surface area contributed by atoms with Gasteiger partial charge in [0, 0.05) is 16.9 Å². The molecule has 0 radical (unpaired) electrons. The highest BCUT2D eigenvalue weighted by Gasteiger charge is 2.54. The van der Waals surface area contributed by atoms with Crippen LogP contribution in [0, 0.1) is 12.3 Å². The number of nitrogens with zero attached hydrogens (tertiary/aromatic N) is 7. The Balaban J connectivity index is 1.49. The number of hydrogen-bond donors (Lipinski definition) is 3. The van der Waals surface area contributed by atoms with E-state index in [1.807, 2.05) is 0 Å². The van der Waals surface area contributed by atoms with Crippen molar-refractivity contribution in [2.45, 2.75) is 23.1 Å². The van der Waals surface area contributed by atoms with E-state index >= 15 is 0 Å². The van der Waals surface area contributed by atoms with Crippen LogP contribution in [0.3, 0.4) is 0 Å². The molecule has 2 aliphatic heterocycles. The van der Waals surface area contributed by atoms with Crippen LogP contribution in [-0.4, -0.2) is 88.2 Å². The molecule has 2 aromatic rings. The van der Waals surface area contributed by atoms with E-state index in [-0.39, 0.29) is 41.1 Å². The molecular formula is C20H19N9O5S3. The van der Waals surface area contributed by atoms with E-state index in [9.17, 15) is 19.5 Å². The Morgan fingerprint density at radius 2 is 2.32 bits per heavy atom. The van der Waals surface area contributed by atoms with Crippen molar-refractivity contribution in [1.82, 2.24) is 35.4 Å². The molecular weight excluding hydrogens is 542 g/mol. The third-order valence-electron chi connectivity index (χ3n) is 4.98. The maximum absolute atomic E-state index is 13.0. The summed E-state index contributed by atoms with van der Waals surface area (Å²) in [6.45, 7) is 3.74. The van der Waals surface area contributed by atoms with Crippen molar-refractivity contribution in [3.05, 3.63) is 35.0 Å². The number of oxime groups is 1. The van der Waals surface area contributed by atoms with E-state index in [1.54, 1.807) is 0 Å². The van der Waals surface area contributed by atoms with Gasteiger partial charge in [-0.3, -0.25) is 14.5 Å². The number of nitrogens with two attached hydrogens (primary N) is 1. The molecule has 1 fully saturated rings. The fourth-order valence-electron chi connectivity index (χ4n) is 3.40. The van der Waals surface area contributed by atoms with Gasteiger partial charge in [-0.15, -0.1) is 34.6 Å². The Labute approximate surface area is 222 Å². The van der Waals surface area contributed by atoms with E-state index in [2.05, 4.69) is 43.5 Å². The minimum atomic E-state index is -1.25. The molecule has 0 aliphatic carbocycles. The van der Waals surface area contributed by atoms with Crippen LogP contribution in [0.4, 0.5) is 5.13 Å². The zero-order chi connectivity index (χ0) is 26.5. The zero-order valence-corrected chi connectivity index (χ0v) is 21.4. The molecule has 37 heavy (non-hydrogen) atoms. The molecule has 2 amide bonds. The second-order valence-corrected chi connectivity index (χ2v) is 10.3. The number of aliphatic carboxylic acids is 1. The van der Waals surface area contributed by atoms with Gasteiger partial charge in [0.15, 0.2) is 10.8 Å². The molecule has 0 saturated carbocycles. The van der Waals surface area contributed by atoms with Gasteiger partial charge >= 0.3 is 5.97 Å². The lowest BCUT2D eigenvalue weighted by molar-refractivity contribution is -0.150. The number of fused-ring (bicyclic) bond motifs is 1. The number of terminal acetylenes is 1. The van der Waals surface area contributed by atoms with Gasteiger partial charge in [0.1, 0.15) is 36.0 Å². The van der Waals surface area contributed by atoms with Gasteiger partial charge in [0.05, 0.1) is 0 Å². The van der Waals surface area contributed by atoms with Crippen molar-refractivity contribution >= 4 is 63.5 Å². The molecule has 1 saturated heterocycles. The molecule has 4 N–H and O–H groups in total. The van der Waals surface area contributed by atoms with Gasteiger partial charge in [-0.2, -0.15) is 0 Å². The molecule has 14 nitrogen and oxygen atoms in total. The number of carbonyl (C=O) groups excluding carboxylic acids is 2. The van der Waals surface area contributed by atoms with Gasteiger partial charge in [0.2, 0.25) is 5.16 Å². The third-order valence-corrected chi connectivity index (χ3v) is 8.04. The van der Waals surface area contributed by atoms with E-state index in [0.717, 1.165) is 11.3 Å². The number of tetrazole rings is 1. The number of thioether (sulfide) groups is 2. The van der Waals surface area contributed by atoms with Gasteiger partial charge in [0.25, 0.3) is 11.8 Å². The number of thiazole rings is 1. The van der Waals surface area contributed by atoms with Crippen molar-refractivity contribution in [3.63, 3.8) is 0 Å². The molecule has 2 aromatic heterocycles. The van der Waals surface area contributed by atoms with Crippen LogP contribution in [0.25, 0.3) is 0 Å². The standard InChI is InChI=1S/C20H19N9O5S3/c1-3-5-28-20(24-26-27-28)37-8-10-7-35-17-13(16(31)29(17)14(10)18(32)33)23-15(30)12(25-34-6-4-2)11-9-36-19(21)22-11/h1,4,9,13,17H,2,5-8H2,(H2,21,22)(H,23,30)(H,32,33)/t13?,17-/m1/s1. The molecule has 2 aliphatic rings. The highest BCUT2D eigenvalue weighted by Crippen LogP contribution is 2.41. The minimum Gasteiger partial charge on any atom is -0.477 e. The van der Waals surface area contributed by atoms with Gasteiger partial charge in [-0.25, -0.2) is 14.5 Å². The lowest BCUT2D eigenvalue weighted by Gasteiger charge is -2.49. The highest BCUT2D eigenvalue weighted by molar-refractivity contribution is 8.01. The zero-order valence-electron chi connectivity index (χ0n) is 18.9. The van der Waals surface area contributed by atoms with E-state index < -0.39 is 29.2 Å². The summed E-state index contributed by atoms with van der Waals surface area (Å²) in [6, 6.07) is -0.968. The van der Waals surface area contributed by atoms with Gasteiger partial charge < -0.3 is 21.0 Å². The summed E-state index contributed by atoms with van der Waals surface area (Å²) in [5, 5.41) is 29.1. The smallest absolute Gasteiger partial charge is 0.352 e. The first-order valence-corrected chi connectivity index (χ1v) is 13.3. The monoisotopic (exact) mass is 561 g/mol. The summed E-state index contributed by atoms with van der Waals surface area (Å²) in [6.07, 6.45) is 6.76. The van der Waals surface area contributed by atoms with Gasteiger partial charge in [-0.05, 0) is 16.0 Å². The number of carbonyl (C=O) groups is 3. The van der Waals surface area contributed by atoms with Crippen LogP contribution in [0.5, 0.6) is 0 Å². The normalized spacial score (nSPS) is 19.1. The van der Waals surface area contributed by atoms with Crippen molar-refractivity contribution in [2.75, 3.05) is 23.8 Å². The lowest BCUT2D eigenvalue weighted by Crippen LogP contribution is -2.71. The minimum absolute atomic E-state index is 0.0493. The van der Waals surface area contributed by atoms with Gasteiger partial charge in [-0.1, -0.05) is 35.5 Å². The van der Waals surface area contributed by atoms with Crippen LogP contribution in [-0.2, 0) is 25.8 Å². The first kappa shape index (κ1) is 26.2. The average molecular weight is 562 g/mol. The first-order valence-electron chi connectivity index (χ1n) is 10.4. The number of aromatic nitrogens is 5. The summed E-state index contributed by atoms with van der Waals surface area (Å²) in [5.41, 5.74) is 6.08. The fourth-order valence-corrected chi connectivity index (χ4v) is 6.31. The Kier molecular flexibility index (Phi) is 8.11. The number of carboxylic acid groups (broad SMARTS) is 1. The van der Waals surface area contributed by atoms with Crippen LogP contribution in [0.15, 0.2) is 39.6 Å². The SMILES string of the molecule is C#CCn1nnnc1SCC1=C(C(=O)O)N2C(=O)C(NC(=O)C(=NOCC=C)c3csc(N)n3)[C@H]2SC1. The van der Waals surface area contributed by atoms with Crippen LogP contribution in [0.2, 0.25) is 0 Å². The average Bonchev–Trinajstić information content (AvgIpc) is 3.51. The molecule has 0 spiro atoms. The van der Waals surface area contributed by atoms with Crippen molar-refractivity contribution in [2.24, 2.45) is 5.16 Å². The number of rotatable bonds is 11. The second-order valence-electron chi connectivity index (χ2n) is 7.33. The largest absolute Gasteiger partial charge is 0.477 e. The summed E-state index contributed by atoms with van der Waals surface area (Å²) in [4.78, 5) is 48.4. The number of nitrogens with one attached hydrogen (secondary N) is 1. The molecule has 17 heteroatoms. The van der Waals surface area contributed by atoms with Crippen LogP contribution < -0.4 is 11.1 Å². The quantitative estimate of drug-likeness (QED) is 0.0623. The Bertz CT molecular complexity index is 1340. The molecule has 1 unspecified atom stereocenters. The molecule has 2 atom stereocenters. The maximum atomic E-state index is 13.0. The number of amides is 2.